The lowest BCUT2D eigenvalue weighted by atomic mass is 10.2. The van der Waals surface area contributed by atoms with Crippen LogP contribution in [0, 0.1) is 10.1 Å². The summed E-state index contributed by atoms with van der Waals surface area (Å²) < 4.78 is 0.942. The van der Waals surface area contributed by atoms with Gasteiger partial charge in [-0.05, 0) is 17.7 Å². The van der Waals surface area contributed by atoms with E-state index in [1.165, 1.54) is 36.5 Å². The Labute approximate surface area is 124 Å². The van der Waals surface area contributed by atoms with Crippen LogP contribution in [0.3, 0.4) is 0 Å². The summed E-state index contributed by atoms with van der Waals surface area (Å²) in [6.07, 6.45) is 1.46. The molecule has 0 aliphatic carbocycles. The van der Waals surface area contributed by atoms with Crippen LogP contribution in [0.4, 0.5) is 11.5 Å². The second kappa shape index (κ2) is 6.04. The van der Waals surface area contributed by atoms with E-state index in [9.17, 15) is 19.7 Å². The third-order valence-electron chi connectivity index (χ3n) is 2.96. The summed E-state index contributed by atoms with van der Waals surface area (Å²) in [7, 11) is 2.93. The van der Waals surface area contributed by atoms with E-state index in [1.807, 2.05) is 0 Å². The molecule has 1 aromatic heterocycles. The van der Waals surface area contributed by atoms with Gasteiger partial charge in [0.1, 0.15) is 5.82 Å². The molecule has 0 fully saturated rings. The van der Waals surface area contributed by atoms with Crippen molar-refractivity contribution in [3.8, 4) is 0 Å². The van der Waals surface area contributed by atoms with Gasteiger partial charge >= 0.3 is 5.69 Å². The molecule has 0 spiro atoms. The monoisotopic (exact) mass is 303 g/mol. The highest BCUT2D eigenvalue weighted by molar-refractivity contribution is 5.80. The molecule has 0 radical (unpaired) electrons. The highest BCUT2D eigenvalue weighted by Gasteiger charge is 2.05. The Kier molecular flexibility index (Phi) is 4.16. The summed E-state index contributed by atoms with van der Waals surface area (Å²) in [5, 5.41) is 15.9. The lowest BCUT2D eigenvalue weighted by molar-refractivity contribution is -0.384. The number of aromatic nitrogens is 2. The molecule has 22 heavy (non-hydrogen) atoms. The van der Waals surface area contributed by atoms with Crippen LogP contribution in [0.2, 0.25) is 0 Å². The van der Waals surface area contributed by atoms with Gasteiger partial charge in [-0.15, -0.1) is 0 Å². The lowest BCUT2D eigenvalue weighted by Gasteiger charge is -2.12. The van der Waals surface area contributed by atoms with Crippen LogP contribution < -0.4 is 16.3 Å². The largest absolute Gasteiger partial charge is 0.329 e. The average Bonchev–Trinajstić information content (AvgIpc) is 2.50. The molecule has 0 bridgehead atoms. The van der Waals surface area contributed by atoms with Gasteiger partial charge < -0.3 is 0 Å². The number of hydrazone groups is 1. The first-order valence-electron chi connectivity index (χ1n) is 6.21. The minimum absolute atomic E-state index is 0.0126. The minimum Gasteiger partial charge on any atom is -0.292 e. The van der Waals surface area contributed by atoms with E-state index in [1.54, 1.807) is 19.2 Å². The Bertz CT molecular complexity index is 803. The van der Waals surface area contributed by atoms with E-state index in [0.29, 0.717) is 5.56 Å². The second-order valence-corrected chi connectivity index (χ2v) is 4.47. The van der Waals surface area contributed by atoms with E-state index in [4.69, 9.17) is 0 Å². The van der Waals surface area contributed by atoms with Crippen molar-refractivity contribution in [2.75, 3.05) is 12.1 Å². The maximum atomic E-state index is 11.5. The second-order valence-electron chi connectivity index (χ2n) is 4.47. The average molecular weight is 303 g/mol. The Morgan fingerprint density at radius 1 is 1.32 bits per heavy atom. The molecule has 0 atom stereocenters. The van der Waals surface area contributed by atoms with Crippen molar-refractivity contribution < 1.29 is 4.92 Å². The SMILES string of the molecule is CN(N=Cc1ccc([N+](=O)[O-])cc1)c1cc(=O)n(C)c(=O)[nH]1. The van der Waals surface area contributed by atoms with E-state index >= 15 is 0 Å². The molecular formula is C13H13N5O4. The fourth-order valence-electron chi connectivity index (χ4n) is 1.62. The van der Waals surface area contributed by atoms with Crippen molar-refractivity contribution in [3.63, 3.8) is 0 Å². The molecule has 9 nitrogen and oxygen atoms in total. The summed E-state index contributed by atoms with van der Waals surface area (Å²) in [6.45, 7) is 0. The molecule has 2 aromatic rings. The molecule has 1 heterocycles. The van der Waals surface area contributed by atoms with Crippen molar-refractivity contribution in [2.24, 2.45) is 12.1 Å². The predicted molar refractivity (Wildman–Crippen MR) is 81.4 cm³/mol. The lowest BCUT2D eigenvalue weighted by Crippen LogP contribution is -2.33. The number of benzene rings is 1. The molecule has 0 unspecified atom stereocenters. The topological polar surface area (TPSA) is 114 Å². The van der Waals surface area contributed by atoms with E-state index in [2.05, 4.69) is 10.1 Å². The van der Waals surface area contributed by atoms with Crippen LogP contribution in [-0.4, -0.2) is 27.7 Å². The maximum Gasteiger partial charge on any atom is 0.329 e. The quantitative estimate of drug-likeness (QED) is 0.500. The van der Waals surface area contributed by atoms with Gasteiger partial charge in [0.2, 0.25) is 0 Å². The van der Waals surface area contributed by atoms with E-state index < -0.39 is 16.2 Å². The van der Waals surface area contributed by atoms with Crippen molar-refractivity contribution >= 4 is 17.7 Å². The molecule has 114 valence electrons. The number of nitrogens with one attached hydrogen (secondary N) is 1. The first kappa shape index (κ1) is 15.2. The van der Waals surface area contributed by atoms with Crippen molar-refractivity contribution in [2.45, 2.75) is 0 Å². The molecule has 9 heteroatoms. The maximum absolute atomic E-state index is 11.5. The molecule has 0 saturated heterocycles. The molecule has 1 aromatic carbocycles. The number of nitrogens with zero attached hydrogens (tertiary/aromatic N) is 4. The van der Waals surface area contributed by atoms with Crippen molar-refractivity contribution in [1.82, 2.24) is 9.55 Å². The van der Waals surface area contributed by atoms with Crippen LogP contribution >= 0.6 is 0 Å². The van der Waals surface area contributed by atoms with Gasteiger partial charge in [-0.1, -0.05) is 0 Å². The fourth-order valence-corrected chi connectivity index (χ4v) is 1.62. The standard InChI is InChI=1S/C13H13N5O4/c1-16-12(19)7-11(15-13(16)20)17(2)14-8-9-3-5-10(6-4-9)18(21)22/h3-8H,1-2H3,(H,15,20). The molecule has 0 aliphatic heterocycles. The van der Waals surface area contributed by atoms with Gasteiger partial charge in [-0.25, -0.2) is 4.79 Å². The molecule has 1 N–H and O–H groups in total. The van der Waals surface area contributed by atoms with E-state index in [0.717, 1.165) is 4.57 Å². The van der Waals surface area contributed by atoms with Gasteiger partial charge in [-0.3, -0.25) is 29.5 Å². The van der Waals surface area contributed by atoms with Crippen LogP contribution in [0.25, 0.3) is 0 Å². The van der Waals surface area contributed by atoms with Crippen LogP contribution in [-0.2, 0) is 7.05 Å². The van der Waals surface area contributed by atoms with Crippen LogP contribution in [0.1, 0.15) is 5.56 Å². The zero-order chi connectivity index (χ0) is 16.3. The first-order chi connectivity index (χ1) is 10.4. The summed E-state index contributed by atoms with van der Waals surface area (Å²) in [5.41, 5.74) is -0.360. The Hall–Kier alpha value is -3.23. The zero-order valence-corrected chi connectivity index (χ0v) is 11.9. The summed E-state index contributed by atoms with van der Waals surface area (Å²) in [4.78, 5) is 35.6. The van der Waals surface area contributed by atoms with E-state index in [-0.39, 0.29) is 11.5 Å². The fraction of sp³-hybridized carbons (Fsp3) is 0.154. The number of H-pyrrole nitrogens is 1. The van der Waals surface area contributed by atoms with Gasteiger partial charge in [0, 0.05) is 32.3 Å². The number of non-ortho nitro benzene ring substituents is 1. The highest BCUT2D eigenvalue weighted by Crippen LogP contribution is 2.11. The van der Waals surface area contributed by atoms with Gasteiger partial charge in [0.15, 0.2) is 0 Å². The third kappa shape index (κ3) is 3.26. The number of hydrogen-bond donors (Lipinski definition) is 1. The Morgan fingerprint density at radius 3 is 2.50 bits per heavy atom. The smallest absolute Gasteiger partial charge is 0.292 e. The number of aromatic amines is 1. The van der Waals surface area contributed by atoms with Crippen molar-refractivity contribution in [3.05, 3.63) is 66.8 Å². The number of rotatable bonds is 4. The van der Waals surface area contributed by atoms with Crippen LogP contribution in [0.15, 0.2) is 45.0 Å². The minimum atomic E-state index is -0.542. The molecular weight excluding hydrogens is 290 g/mol. The first-order valence-corrected chi connectivity index (χ1v) is 6.21. The zero-order valence-electron chi connectivity index (χ0n) is 11.9. The van der Waals surface area contributed by atoms with Gasteiger partial charge in [-0.2, -0.15) is 5.10 Å². The number of hydrogen-bond acceptors (Lipinski definition) is 6. The molecule has 0 aliphatic rings. The number of nitro groups is 1. The van der Waals surface area contributed by atoms with Gasteiger partial charge in [0.25, 0.3) is 11.2 Å². The summed E-state index contributed by atoms with van der Waals surface area (Å²) in [6, 6.07) is 7.06. The van der Waals surface area contributed by atoms with Crippen LogP contribution in [0.5, 0.6) is 0 Å². The van der Waals surface area contributed by atoms with Gasteiger partial charge in [0.05, 0.1) is 11.1 Å². The predicted octanol–water partition coefficient (Wildman–Crippen LogP) is 0.452. The third-order valence-corrected chi connectivity index (χ3v) is 2.96. The highest BCUT2D eigenvalue weighted by atomic mass is 16.6. The number of anilines is 1. The number of nitro benzene ring substituents is 1. The molecule has 0 saturated carbocycles. The Morgan fingerprint density at radius 2 is 1.95 bits per heavy atom. The molecule has 0 amide bonds. The van der Waals surface area contributed by atoms with Crippen molar-refractivity contribution in [1.29, 1.82) is 0 Å². The summed E-state index contributed by atoms with van der Waals surface area (Å²) >= 11 is 0. The molecule has 2 rings (SSSR count). The Balaban J connectivity index is 2.21. The normalized spacial score (nSPS) is 10.8. The summed E-state index contributed by atoms with van der Waals surface area (Å²) in [5.74, 6) is 0.242.